The SMILES string of the molecule is COc1cccc(CS(=O)(=O)NCCc2ccc(N3CCCC3)cc2)c1. The van der Waals surface area contributed by atoms with Crippen LogP contribution in [0.2, 0.25) is 0 Å². The van der Waals surface area contributed by atoms with Crippen LogP contribution < -0.4 is 14.4 Å². The largest absolute Gasteiger partial charge is 0.497 e. The topological polar surface area (TPSA) is 58.6 Å². The van der Waals surface area contributed by atoms with E-state index >= 15 is 0 Å². The van der Waals surface area contributed by atoms with Gasteiger partial charge in [-0.25, -0.2) is 13.1 Å². The second-order valence-electron chi connectivity index (χ2n) is 6.62. The zero-order valence-corrected chi connectivity index (χ0v) is 16.0. The van der Waals surface area contributed by atoms with Gasteiger partial charge >= 0.3 is 0 Å². The summed E-state index contributed by atoms with van der Waals surface area (Å²) in [5.41, 5.74) is 3.11. The molecule has 0 saturated carbocycles. The van der Waals surface area contributed by atoms with E-state index in [0.717, 1.165) is 18.7 Å². The quantitative estimate of drug-likeness (QED) is 0.772. The van der Waals surface area contributed by atoms with E-state index in [-0.39, 0.29) is 5.75 Å². The first kappa shape index (κ1) is 18.7. The molecule has 1 aliphatic heterocycles. The van der Waals surface area contributed by atoms with Crippen molar-refractivity contribution in [2.75, 3.05) is 31.6 Å². The number of rotatable bonds is 8. The predicted molar refractivity (Wildman–Crippen MR) is 105 cm³/mol. The zero-order chi connectivity index (χ0) is 18.4. The van der Waals surface area contributed by atoms with E-state index in [1.807, 2.05) is 0 Å². The van der Waals surface area contributed by atoms with Gasteiger partial charge in [0.05, 0.1) is 12.9 Å². The lowest BCUT2D eigenvalue weighted by Crippen LogP contribution is -2.27. The summed E-state index contributed by atoms with van der Waals surface area (Å²) >= 11 is 0. The van der Waals surface area contributed by atoms with Crippen molar-refractivity contribution in [3.8, 4) is 5.75 Å². The fourth-order valence-corrected chi connectivity index (χ4v) is 4.37. The van der Waals surface area contributed by atoms with Crippen molar-refractivity contribution < 1.29 is 13.2 Å². The van der Waals surface area contributed by atoms with Crippen molar-refractivity contribution in [1.82, 2.24) is 4.72 Å². The third kappa shape index (κ3) is 5.22. The number of nitrogens with zero attached hydrogens (tertiary/aromatic N) is 1. The molecule has 0 spiro atoms. The molecule has 2 aromatic carbocycles. The van der Waals surface area contributed by atoms with Crippen molar-refractivity contribution in [1.29, 1.82) is 0 Å². The standard InChI is InChI=1S/C20H26N2O3S/c1-25-20-6-4-5-18(15-20)16-26(23,24)21-12-11-17-7-9-19(10-8-17)22-13-2-3-14-22/h4-10,15,21H,2-3,11-14,16H2,1H3. The minimum Gasteiger partial charge on any atom is -0.497 e. The zero-order valence-electron chi connectivity index (χ0n) is 15.1. The van der Waals surface area contributed by atoms with Crippen molar-refractivity contribution in [3.63, 3.8) is 0 Å². The van der Waals surface area contributed by atoms with E-state index in [1.165, 1.54) is 18.5 Å². The molecule has 1 fully saturated rings. The summed E-state index contributed by atoms with van der Waals surface area (Å²) in [4.78, 5) is 2.39. The molecule has 5 nitrogen and oxygen atoms in total. The molecule has 2 aromatic rings. The summed E-state index contributed by atoms with van der Waals surface area (Å²) in [6.07, 6.45) is 3.20. The van der Waals surface area contributed by atoms with E-state index in [9.17, 15) is 8.42 Å². The summed E-state index contributed by atoms with van der Waals surface area (Å²) in [7, 11) is -1.79. The molecule has 6 heteroatoms. The van der Waals surface area contributed by atoms with Gasteiger partial charge in [0, 0.05) is 25.3 Å². The van der Waals surface area contributed by atoms with Crippen LogP contribution in [0.15, 0.2) is 48.5 Å². The Balaban J connectivity index is 1.50. The number of anilines is 1. The first-order valence-electron chi connectivity index (χ1n) is 9.00. The Bertz CT molecular complexity index is 813. The maximum Gasteiger partial charge on any atom is 0.215 e. The maximum atomic E-state index is 12.3. The van der Waals surface area contributed by atoms with E-state index in [4.69, 9.17) is 4.74 Å². The van der Waals surface area contributed by atoms with Gasteiger partial charge in [-0.1, -0.05) is 24.3 Å². The fraction of sp³-hybridized carbons (Fsp3) is 0.400. The highest BCUT2D eigenvalue weighted by molar-refractivity contribution is 7.88. The fourth-order valence-electron chi connectivity index (χ4n) is 3.23. The normalized spacial score (nSPS) is 14.6. The average molecular weight is 375 g/mol. The highest BCUT2D eigenvalue weighted by Gasteiger charge is 2.13. The van der Waals surface area contributed by atoms with Crippen LogP contribution in [0.3, 0.4) is 0 Å². The second kappa shape index (κ2) is 8.56. The van der Waals surface area contributed by atoms with Gasteiger partial charge in [0.1, 0.15) is 5.75 Å². The lowest BCUT2D eigenvalue weighted by molar-refractivity contribution is 0.414. The molecule has 0 unspecified atom stereocenters. The molecule has 0 aromatic heterocycles. The van der Waals surface area contributed by atoms with E-state index in [1.54, 1.807) is 31.4 Å². The van der Waals surface area contributed by atoms with Crippen LogP contribution >= 0.6 is 0 Å². The van der Waals surface area contributed by atoms with Crippen molar-refractivity contribution in [2.45, 2.75) is 25.0 Å². The minimum absolute atomic E-state index is 0.0436. The third-order valence-electron chi connectivity index (χ3n) is 4.63. The molecule has 0 aliphatic carbocycles. The summed E-state index contributed by atoms with van der Waals surface area (Å²) in [6.45, 7) is 2.65. The van der Waals surface area contributed by atoms with Crippen LogP contribution in [0.1, 0.15) is 24.0 Å². The van der Waals surface area contributed by atoms with Crippen LogP contribution in [-0.4, -0.2) is 35.2 Å². The van der Waals surface area contributed by atoms with Crippen molar-refractivity contribution in [3.05, 3.63) is 59.7 Å². The number of hydrogen-bond donors (Lipinski definition) is 1. The highest BCUT2D eigenvalue weighted by Crippen LogP contribution is 2.20. The van der Waals surface area contributed by atoms with E-state index in [0.29, 0.717) is 24.3 Å². The van der Waals surface area contributed by atoms with Gasteiger partial charge < -0.3 is 9.64 Å². The second-order valence-corrected chi connectivity index (χ2v) is 8.42. The predicted octanol–water partition coefficient (Wildman–Crippen LogP) is 2.96. The first-order chi connectivity index (χ1) is 12.6. The highest BCUT2D eigenvalue weighted by atomic mass is 32.2. The van der Waals surface area contributed by atoms with Gasteiger partial charge in [0.25, 0.3) is 0 Å². The summed E-state index contributed by atoms with van der Waals surface area (Å²) in [5.74, 6) is 0.619. The van der Waals surface area contributed by atoms with Crippen LogP contribution in [0, 0.1) is 0 Å². The van der Waals surface area contributed by atoms with Crippen LogP contribution in [-0.2, 0) is 22.2 Å². The van der Waals surface area contributed by atoms with E-state index < -0.39 is 10.0 Å². The molecule has 0 bridgehead atoms. The number of nitrogens with one attached hydrogen (secondary N) is 1. The molecule has 0 amide bonds. The Morgan fingerprint density at radius 3 is 2.46 bits per heavy atom. The van der Waals surface area contributed by atoms with Gasteiger partial charge in [0.15, 0.2) is 0 Å². The molecule has 0 radical (unpaired) electrons. The monoisotopic (exact) mass is 374 g/mol. The van der Waals surface area contributed by atoms with Crippen molar-refractivity contribution in [2.24, 2.45) is 0 Å². The molecule has 1 heterocycles. The number of methoxy groups -OCH3 is 1. The molecule has 1 N–H and O–H groups in total. The van der Waals surface area contributed by atoms with Gasteiger partial charge in [-0.05, 0) is 54.7 Å². The Labute approximate surface area is 156 Å². The first-order valence-corrected chi connectivity index (χ1v) is 10.7. The molecule has 140 valence electrons. The smallest absolute Gasteiger partial charge is 0.215 e. The minimum atomic E-state index is -3.36. The van der Waals surface area contributed by atoms with Gasteiger partial charge in [-0.2, -0.15) is 0 Å². The average Bonchev–Trinajstić information content (AvgIpc) is 3.16. The number of ether oxygens (including phenoxy) is 1. The van der Waals surface area contributed by atoms with Gasteiger partial charge in [-0.3, -0.25) is 0 Å². The Morgan fingerprint density at radius 1 is 1.04 bits per heavy atom. The van der Waals surface area contributed by atoms with E-state index in [2.05, 4.69) is 33.9 Å². The Hall–Kier alpha value is -2.05. The van der Waals surface area contributed by atoms with Crippen LogP contribution in [0.4, 0.5) is 5.69 Å². The molecular formula is C20H26N2O3S. The summed E-state index contributed by atoms with van der Waals surface area (Å²) < 4.78 is 32.3. The number of benzene rings is 2. The number of sulfonamides is 1. The van der Waals surface area contributed by atoms with Gasteiger partial charge in [-0.15, -0.1) is 0 Å². The Morgan fingerprint density at radius 2 is 1.77 bits per heavy atom. The summed E-state index contributed by atoms with van der Waals surface area (Å²) in [6, 6.07) is 15.6. The van der Waals surface area contributed by atoms with Crippen molar-refractivity contribution >= 4 is 15.7 Å². The molecule has 26 heavy (non-hydrogen) atoms. The molecule has 3 rings (SSSR count). The third-order valence-corrected chi connectivity index (χ3v) is 5.99. The molecule has 1 aliphatic rings. The lowest BCUT2D eigenvalue weighted by Gasteiger charge is -2.17. The Kier molecular flexibility index (Phi) is 6.16. The maximum absolute atomic E-state index is 12.3. The molecular weight excluding hydrogens is 348 g/mol. The lowest BCUT2D eigenvalue weighted by atomic mass is 10.1. The number of hydrogen-bond acceptors (Lipinski definition) is 4. The molecule has 1 saturated heterocycles. The summed E-state index contributed by atoms with van der Waals surface area (Å²) in [5, 5.41) is 0. The van der Waals surface area contributed by atoms with Crippen LogP contribution in [0.5, 0.6) is 5.75 Å². The molecule has 0 atom stereocenters. The van der Waals surface area contributed by atoms with Gasteiger partial charge in [0.2, 0.25) is 10.0 Å². The van der Waals surface area contributed by atoms with Crippen LogP contribution in [0.25, 0.3) is 0 Å².